The van der Waals surface area contributed by atoms with Crippen LogP contribution in [0.15, 0.2) is 85.1 Å². The Bertz CT molecular complexity index is 1280. The van der Waals surface area contributed by atoms with Crippen molar-refractivity contribution in [1.29, 1.82) is 0 Å². The predicted octanol–water partition coefficient (Wildman–Crippen LogP) is 5.13. The number of hydrogen-bond donors (Lipinski definition) is 1. The molecule has 3 aromatic carbocycles. The molecule has 1 fully saturated rings. The van der Waals surface area contributed by atoms with E-state index in [2.05, 4.69) is 71.0 Å². The maximum Gasteiger partial charge on any atom is 0.410 e. The molecule has 1 atom stereocenters. The van der Waals surface area contributed by atoms with E-state index in [1.165, 1.54) is 22.3 Å². The molecule has 0 saturated carbocycles. The Kier molecular flexibility index (Phi) is 5.04. The van der Waals surface area contributed by atoms with Gasteiger partial charge in [0.05, 0.1) is 11.7 Å². The summed E-state index contributed by atoms with van der Waals surface area (Å²) in [5, 5.41) is 5.62. The first-order valence-electron chi connectivity index (χ1n) is 11.5. The van der Waals surface area contributed by atoms with Gasteiger partial charge in [0.25, 0.3) is 0 Å². The molecule has 1 saturated heterocycles. The monoisotopic (exact) mass is 435 g/mol. The highest BCUT2D eigenvalue weighted by atomic mass is 16.6. The van der Waals surface area contributed by atoms with Crippen LogP contribution >= 0.6 is 0 Å². The van der Waals surface area contributed by atoms with Gasteiger partial charge in [0.2, 0.25) is 0 Å². The van der Waals surface area contributed by atoms with Gasteiger partial charge in [0.1, 0.15) is 6.61 Å². The summed E-state index contributed by atoms with van der Waals surface area (Å²) in [6.45, 7) is 2.31. The van der Waals surface area contributed by atoms with Gasteiger partial charge in [-0.25, -0.2) is 4.79 Å². The molecular formula is C28H25N3O2. The van der Waals surface area contributed by atoms with E-state index in [9.17, 15) is 4.79 Å². The van der Waals surface area contributed by atoms with Crippen LogP contribution < -0.4 is 5.32 Å². The molecule has 1 amide bonds. The van der Waals surface area contributed by atoms with Crippen molar-refractivity contribution in [2.45, 2.75) is 12.0 Å². The standard InChI is InChI=1S/C28H25N3O2/c32-28(33-18-25-23-11-5-3-9-21(23)22-10-4-6-12-24(22)25)31-16-15-29-17-26(31)27-20-8-2-1-7-19(20)13-14-30-27/h1-14,25-26,29H,15-18H2. The lowest BCUT2D eigenvalue weighted by Gasteiger charge is -2.35. The van der Waals surface area contributed by atoms with E-state index in [1.807, 2.05) is 29.3 Å². The third kappa shape index (κ3) is 3.45. The van der Waals surface area contributed by atoms with Crippen molar-refractivity contribution in [3.63, 3.8) is 0 Å². The number of benzene rings is 3. The molecule has 2 heterocycles. The van der Waals surface area contributed by atoms with E-state index in [4.69, 9.17) is 4.74 Å². The number of nitrogens with one attached hydrogen (secondary N) is 1. The van der Waals surface area contributed by atoms with Crippen molar-refractivity contribution in [3.05, 3.63) is 102 Å². The fraction of sp³-hybridized carbons (Fsp3) is 0.214. The third-order valence-electron chi connectivity index (χ3n) is 6.83. The number of amides is 1. The van der Waals surface area contributed by atoms with Gasteiger partial charge in [-0.15, -0.1) is 0 Å². The van der Waals surface area contributed by atoms with Crippen LogP contribution in [0, 0.1) is 0 Å². The predicted molar refractivity (Wildman–Crippen MR) is 129 cm³/mol. The Morgan fingerprint density at radius 1 is 0.939 bits per heavy atom. The number of ether oxygens (including phenoxy) is 1. The third-order valence-corrected chi connectivity index (χ3v) is 6.83. The second-order valence-electron chi connectivity index (χ2n) is 8.63. The lowest BCUT2D eigenvalue weighted by molar-refractivity contribution is 0.0747. The SMILES string of the molecule is O=C(OCC1c2ccccc2-c2ccccc21)N1CCNCC1c1nccc2ccccc12. The highest BCUT2D eigenvalue weighted by molar-refractivity contribution is 5.85. The molecule has 2 aliphatic rings. The number of aromatic nitrogens is 1. The number of fused-ring (bicyclic) bond motifs is 4. The average Bonchev–Trinajstić information content (AvgIpc) is 3.20. The molecule has 1 unspecified atom stereocenters. The topological polar surface area (TPSA) is 54.5 Å². The van der Waals surface area contributed by atoms with E-state index >= 15 is 0 Å². The highest BCUT2D eigenvalue weighted by Crippen LogP contribution is 2.44. The molecule has 1 aliphatic heterocycles. The molecule has 4 aromatic rings. The van der Waals surface area contributed by atoms with Crippen LogP contribution in [0.5, 0.6) is 0 Å². The Balaban J connectivity index is 1.26. The van der Waals surface area contributed by atoms with Gasteiger partial charge in [-0.1, -0.05) is 72.8 Å². The molecule has 5 heteroatoms. The van der Waals surface area contributed by atoms with Gasteiger partial charge in [0, 0.05) is 37.1 Å². The molecule has 5 nitrogen and oxygen atoms in total. The quantitative estimate of drug-likeness (QED) is 0.485. The number of hydrogen-bond acceptors (Lipinski definition) is 4. The van der Waals surface area contributed by atoms with Gasteiger partial charge >= 0.3 is 6.09 Å². The van der Waals surface area contributed by atoms with Crippen molar-refractivity contribution in [1.82, 2.24) is 15.2 Å². The van der Waals surface area contributed by atoms with Crippen LogP contribution in [-0.2, 0) is 4.74 Å². The molecule has 164 valence electrons. The lowest BCUT2D eigenvalue weighted by Crippen LogP contribution is -2.49. The van der Waals surface area contributed by atoms with Crippen LogP contribution in [0.2, 0.25) is 0 Å². The zero-order valence-electron chi connectivity index (χ0n) is 18.3. The van der Waals surface area contributed by atoms with Crippen molar-refractivity contribution < 1.29 is 9.53 Å². The normalized spacial score (nSPS) is 17.6. The van der Waals surface area contributed by atoms with Crippen LogP contribution in [0.3, 0.4) is 0 Å². The molecule has 6 rings (SSSR count). The minimum absolute atomic E-state index is 0.0541. The fourth-order valence-electron chi connectivity index (χ4n) is 5.25. The minimum atomic E-state index is -0.280. The van der Waals surface area contributed by atoms with Crippen molar-refractivity contribution >= 4 is 16.9 Å². The van der Waals surface area contributed by atoms with Gasteiger partial charge in [-0.3, -0.25) is 9.88 Å². The molecule has 0 bridgehead atoms. The van der Waals surface area contributed by atoms with Crippen LogP contribution in [0.4, 0.5) is 4.79 Å². The van der Waals surface area contributed by atoms with E-state index in [0.717, 1.165) is 23.0 Å². The van der Waals surface area contributed by atoms with E-state index in [1.54, 1.807) is 0 Å². The maximum atomic E-state index is 13.3. The Morgan fingerprint density at radius 2 is 1.64 bits per heavy atom. The largest absolute Gasteiger partial charge is 0.448 e. The fourth-order valence-corrected chi connectivity index (χ4v) is 5.25. The van der Waals surface area contributed by atoms with Gasteiger partial charge in [-0.2, -0.15) is 0 Å². The highest BCUT2D eigenvalue weighted by Gasteiger charge is 2.33. The summed E-state index contributed by atoms with van der Waals surface area (Å²) < 4.78 is 5.97. The number of carbonyl (C=O) groups is 1. The zero-order chi connectivity index (χ0) is 22.2. The van der Waals surface area contributed by atoms with Gasteiger partial charge in [0.15, 0.2) is 0 Å². The second-order valence-corrected chi connectivity index (χ2v) is 8.63. The first kappa shape index (κ1) is 19.9. The van der Waals surface area contributed by atoms with Crippen LogP contribution in [-0.4, -0.2) is 42.2 Å². The number of carbonyl (C=O) groups excluding carboxylic acids is 1. The first-order valence-corrected chi connectivity index (χ1v) is 11.5. The average molecular weight is 436 g/mol. The van der Waals surface area contributed by atoms with Gasteiger partial charge < -0.3 is 10.1 Å². The molecular weight excluding hydrogens is 410 g/mol. The van der Waals surface area contributed by atoms with Gasteiger partial charge in [-0.05, 0) is 33.7 Å². The molecule has 0 spiro atoms. The molecule has 0 radical (unpaired) electrons. The second kappa shape index (κ2) is 8.34. The maximum absolute atomic E-state index is 13.3. The Morgan fingerprint density at radius 3 is 2.42 bits per heavy atom. The zero-order valence-corrected chi connectivity index (χ0v) is 18.3. The summed E-state index contributed by atoms with van der Waals surface area (Å²) in [7, 11) is 0. The molecule has 33 heavy (non-hydrogen) atoms. The Hall–Kier alpha value is -3.70. The summed E-state index contributed by atoms with van der Waals surface area (Å²) in [4.78, 5) is 19.8. The molecule has 1 N–H and O–H groups in total. The van der Waals surface area contributed by atoms with Crippen molar-refractivity contribution in [2.24, 2.45) is 0 Å². The lowest BCUT2D eigenvalue weighted by atomic mass is 9.98. The van der Waals surface area contributed by atoms with Crippen LogP contribution in [0.1, 0.15) is 28.8 Å². The first-order chi connectivity index (χ1) is 16.3. The van der Waals surface area contributed by atoms with Crippen molar-refractivity contribution in [3.8, 4) is 11.1 Å². The number of nitrogens with zero attached hydrogens (tertiary/aromatic N) is 2. The van der Waals surface area contributed by atoms with Crippen molar-refractivity contribution in [2.75, 3.05) is 26.2 Å². The summed E-state index contributed by atoms with van der Waals surface area (Å²) >= 11 is 0. The van der Waals surface area contributed by atoms with E-state index in [0.29, 0.717) is 19.7 Å². The summed E-state index contributed by atoms with van der Waals surface area (Å²) in [6, 6.07) is 26.8. The number of pyridine rings is 1. The van der Waals surface area contributed by atoms with E-state index < -0.39 is 0 Å². The van der Waals surface area contributed by atoms with Crippen LogP contribution in [0.25, 0.3) is 21.9 Å². The summed E-state index contributed by atoms with van der Waals surface area (Å²) in [6.07, 6.45) is 1.54. The smallest absolute Gasteiger partial charge is 0.410 e. The number of piperazine rings is 1. The molecule has 1 aromatic heterocycles. The Labute approximate surface area is 193 Å². The van der Waals surface area contributed by atoms with E-state index in [-0.39, 0.29) is 18.1 Å². The number of rotatable bonds is 3. The summed E-state index contributed by atoms with van der Waals surface area (Å²) in [5.74, 6) is 0.0541. The molecule has 1 aliphatic carbocycles. The summed E-state index contributed by atoms with van der Waals surface area (Å²) in [5.41, 5.74) is 5.82. The minimum Gasteiger partial charge on any atom is -0.448 e.